The fourth-order valence-electron chi connectivity index (χ4n) is 1.65. The molecular formula is C14H26N4O. The number of aliphatic hydroxyl groups excluding tert-OH is 1. The summed E-state index contributed by atoms with van der Waals surface area (Å²) in [5.41, 5.74) is 6.69. The minimum absolute atomic E-state index is 0.127. The van der Waals surface area contributed by atoms with Gasteiger partial charge in [0.05, 0.1) is 6.10 Å². The van der Waals surface area contributed by atoms with Crippen molar-refractivity contribution in [1.29, 1.82) is 0 Å². The van der Waals surface area contributed by atoms with Crippen LogP contribution in [0.5, 0.6) is 0 Å². The molecule has 1 heterocycles. The minimum atomic E-state index is -0.261. The highest BCUT2D eigenvalue weighted by Gasteiger charge is 2.20. The second kappa shape index (κ2) is 6.19. The smallest absolute Gasteiger partial charge is 0.138 e. The molecule has 0 aliphatic rings. The van der Waals surface area contributed by atoms with Crippen LogP contribution in [0.3, 0.4) is 0 Å². The van der Waals surface area contributed by atoms with Crippen LogP contribution in [0.2, 0.25) is 0 Å². The number of aliphatic hydroxyl groups is 1. The number of nitrogens with two attached hydrogens (primary N) is 1. The van der Waals surface area contributed by atoms with Gasteiger partial charge in [0.1, 0.15) is 17.5 Å². The van der Waals surface area contributed by atoms with Crippen molar-refractivity contribution in [2.24, 2.45) is 0 Å². The zero-order valence-electron chi connectivity index (χ0n) is 12.6. The summed E-state index contributed by atoms with van der Waals surface area (Å²) >= 11 is 0. The topological polar surface area (TPSA) is 84.1 Å². The van der Waals surface area contributed by atoms with Gasteiger partial charge < -0.3 is 16.2 Å². The molecule has 0 spiro atoms. The monoisotopic (exact) mass is 266 g/mol. The zero-order chi connectivity index (χ0) is 14.6. The SMILES string of the molecule is Cc1c(N)nc(C(C)(C)C)nc1NCCCC(C)O. The molecule has 0 fully saturated rings. The summed E-state index contributed by atoms with van der Waals surface area (Å²) in [6.45, 7) is 10.7. The minimum Gasteiger partial charge on any atom is -0.393 e. The lowest BCUT2D eigenvalue weighted by atomic mass is 9.95. The lowest BCUT2D eigenvalue weighted by molar-refractivity contribution is 0.183. The molecule has 19 heavy (non-hydrogen) atoms. The summed E-state index contributed by atoms with van der Waals surface area (Å²) in [5, 5.41) is 12.5. The van der Waals surface area contributed by atoms with Crippen LogP contribution in [-0.2, 0) is 5.41 Å². The van der Waals surface area contributed by atoms with Gasteiger partial charge in [0.2, 0.25) is 0 Å². The van der Waals surface area contributed by atoms with Crippen LogP contribution in [0.4, 0.5) is 11.6 Å². The molecule has 1 unspecified atom stereocenters. The largest absolute Gasteiger partial charge is 0.393 e. The second-order valence-electron chi connectivity index (χ2n) is 6.07. The van der Waals surface area contributed by atoms with Crippen molar-refractivity contribution in [1.82, 2.24) is 9.97 Å². The Morgan fingerprint density at radius 1 is 1.32 bits per heavy atom. The van der Waals surface area contributed by atoms with Crippen molar-refractivity contribution in [3.63, 3.8) is 0 Å². The highest BCUT2D eigenvalue weighted by molar-refractivity contribution is 5.55. The lowest BCUT2D eigenvalue weighted by Gasteiger charge is -2.19. The summed E-state index contributed by atoms with van der Waals surface area (Å²) in [4.78, 5) is 8.90. The molecule has 0 saturated carbocycles. The first kappa shape index (κ1) is 15.7. The first-order chi connectivity index (χ1) is 8.71. The normalized spacial score (nSPS) is 13.4. The molecule has 0 aliphatic carbocycles. The number of rotatable bonds is 5. The number of nitrogens with one attached hydrogen (secondary N) is 1. The molecule has 0 radical (unpaired) electrons. The maximum absolute atomic E-state index is 9.23. The summed E-state index contributed by atoms with van der Waals surface area (Å²) in [7, 11) is 0. The van der Waals surface area contributed by atoms with Crippen LogP contribution >= 0.6 is 0 Å². The third-order valence-corrected chi connectivity index (χ3v) is 2.95. The molecule has 0 amide bonds. The van der Waals surface area contributed by atoms with Gasteiger partial charge in [-0.25, -0.2) is 9.97 Å². The Kier molecular flexibility index (Phi) is 5.11. The Labute approximate surface area is 115 Å². The maximum Gasteiger partial charge on any atom is 0.138 e. The van der Waals surface area contributed by atoms with E-state index in [1.807, 2.05) is 6.92 Å². The van der Waals surface area contributed by atoms with E-state index in [1.165, 1.54) is 0 Å². The van der Waals surface area contributed by atoms with E-state index in [2.05, 4.69) is 36.1 Å². The number of nitrogens with zero attached hydrogens (tertiary/aromatic N) is 2. The fraction of sp³-hybridized carbons (Fsp3) is 0.714. The number of anilines is 2. The van der Waals surface area contributed by atoms with Gasteiger partial charge >= 0.3 is 0 Å². The molecule has 1 aromatic heterocycles. The third kappa shape index (κ3) is 4.67. The quantitative estimate of drug-likeness (QED) is 0.712. The lowest BCUT2D eigenvalue weighted by Crippen LogP contribution is -2.20. The Morgan fingerprint density at radius 2 is 1.95 bits per heavy atom. The van der Waals surface area contributed by atoms with Crippen LogP contribution in [0.15, 0.2) is 0 Å². The van der Waals surface area contributed by atoms with Crippen molar-refractivity contribution in [3.8, 4) is 0 Å². The van der Waals surface area contributed by atoms with E-state index >= 15 is 0 Å². The van der Waals surface area contributed by atoms with Gasteiger partial charge in [0.25, 0.3) is 0 Å². The van der Waals surface area contributed by atoms with Crippen molar-refractivity contribution in [2.45, 2.75) is 59.0 Å². The molecule has 5 nitrogen and oxygen atoms in total. The van der Waals surface area contributed by atoms with E-state index in [-0.39, 0.29) is 11.5 Å². The van der Waals surface area contributed by atoms with Crippen LogP contribution in [0.25, 0.3) is 0 Å². The van der Waals surface area contributed by atoms with Gasteiger partial charge in [-0.3, -0.25) is 0 Å². The second-order valence-corrected chi connectivity index (χ2v) is 6.07. The number of nitrogen functional groups attached to an aromatic ring is 1. The van der Waals surface area contributed by atoms with Gasteiger partial charge in [-0.15, -0.1) is 0 Å². The predicted molar refractivity (Wildman–Crippen MR) is 79.3 cm³/mol. The summed E-state index contributed by atoms with van der Waals surface area (Å²) in [5.74, 6) is 2.06. The third-order valence-electron chi connectivity index (χ3n) is 2.95. The van der Waals surface area contributed by atoms with Gasteiger partial charge in [-0.1, -0.05) is 20.8 Å². The van der Waals surface area contributed by atoms with Crippen molar-refractivity contribution < 1.29 is 5.11 Å². The van der Waals surface area contributed by atoms with Crippen molar-refractivity contribution in [3.05, 3.63) is 11.4 Å². The predicted octanol–water partition coefficient (Wildman–Crippen LogP) is 2.24. The number of hydrogen-bond acceptors (Lipinski definition) is 5. The molecule has 108 valence electrons. The Bertz CT molecular complexity index is 424. The molecule has 0 aromatic carbocycles. The fourth-order valence-corrected chi connectivity index (χ4v) is 1.65. The average molecular weight is 266 g/mol. The molecule has 0 aliphatic heterocycles. The number of hydrogen-bond donors (Lipinski definition) is 3. The Morgan fingerprint density at radius 3 is 2.47 bits per heavy atom. The molecule has 5 heteroatoms. The Balaban J connectivity index is 2.79. The van der Waals surface area contributed by atoms with Gasteiger partial charge in [0.15, 0.2) is 0 Å². The maximum atomic E-state index is 9.23. The highest BCUT2D eigenvalue weighted by Crippen LogP contribution is 2.24. The van der Waals surface area contributed by atoms with E-state index < -0.39 is 0 Å². The van der Waals surface area contributed by atoms with Crippen LogP contribution in [0, 0.1) is 6.92 Å². The summed E-state index contributed by atoms with van der Waals surface area (Å²) in [6.07, 6.45) is 1.41. The van der Waals surface area contributed by atoms with Gasteiger partial charge in [-0.05, 0) is 26.7 Å². The van der Waals surface area contributed by atoms with E-state index in [0.29, 0.717) is 5.82 Å². The zero-order valence-corrected chi connectivity index (χ0v) is 12.6. The average Bonchev–Trinajstić information content (AvgIpc) is 2.27. The van der Waals surface area contributed by atoms with E-state index in [1.54, 1.807) is 6.92 Å². The first-order valence-corrected chi connectivity index (χ1v) is 6.78. The van der Waals surface area contributed by atoms with E-state index in [4.69, 9.17) is 5.73 Å². The summed E-state index contributed by atoms with van der Waals surface area (Å²) in [6, 6.07) is 0. The van der Waals surface area contributed by atoms with Gasteiger partial charge in [0, 0.05) is 17.5 Å². The van der Waals surface area contributed by atoms with Crippen molar-refractivity contribution >= 4 is 11.6 Å². The van der Waals surface area contributed by atoms with E-state index in [0.717, 1.165) is 36.6 Å². The Hall–Kier alpha value is -1.36. The molecule has 1 atom stereocenters. The van der Waals surface area contributed by atoms with Gasteiger partial charge in [-0.2, -0.15) is 0 Å². The molecular weight excluding hydrogens is 240 g/mol. The first-order valence-electron chi connectivity index (χ1n) is 6.78. The molecule has 1 rings (SSSR count). The van der Waals surface area contributed by atoms with Crippen LogP contribution in [-0.4, -0.2) is 27.7 Å². The number of aromatic nitrogens is 2. The van der Waals surface area contributed by atoms with Crippen LogP contribution in [0.1, 0.15) is 51.9 Å². The molecule has 4 N–H and O–H groups in total. The molecule has 0 bridgehead atoms. The summed E-state index contributed by atoms with van der Waals surface area (Å²) < 4.78 is 0. The van der Waals surface area contributed by atoms with E-state index in [9.17, 15) is 5.11 Å². The molecule has 0 saturated heterocycles. The molecule has 1 aromatic rings. The van der Waals surface area contributed by atoms with Crippen molar-refractivity contribution in [2.75, 3.05) is 17.6 Å². The van der Waals surface area contributed by atoms with Crippen LogP contribution < -0.4 is 11.1 Å². The highest BCUT2D eigenvalue weighted by atomic mass is 16.3. The standard InChI is InChI=1S/C14H26N4O/c1-9(19)7-6-8-16-12-10(2)11(15)17-13(18-12)14(3,4)5/h9,19H,6-8H2,1-5H3,(H3,15,16,17,18).